The van der Waals surface area contributed by atoms with Crippen molar-refractivity contribution in [3.8, 4) is 0 Å². The highest BCUT2D eigenvalue weighted by molar-refractivity contribution is 4.87. The lowest BCUT2D eigenvalue weighted by Gasteiger charge is -2.36. The molecule has 0 radical (unpaired) electrons. The van der Waals surface area contributed by atoms with Crippen LogP contribution in [0.5, 0.6) is 0 Å². The zero-order valence-corrected chi connectivity index (χ0v) is 12.7. The molecule has 0 spiro atoms. The van der Waals surface area contributed by atoms with E-state index < -0.39 is 0 Å². The van der Waals surface area contributed by atoms with Gasteiger partial charge in [0, 0.05) is 26.2 Å². The van der Waals surface area contributed by atoms with Gasteiger partial charge in [-0.05, 0) is 56.4 Å². The largest absolute Gasteiger partial charge is 0.319 e. The summed E-state index contributed by atoms with van der Waals surface area (Å²) in [6.07, 6.45) is 8.59. The standard InChI is InChI=1S/C16H32N2/c1-4-9-16(2,12-17-3)13-18(10-14-5-6-14)11-15-7-8-15/h14-15,17H,4-13H2,1-3H3. The molecule has 0 aromatic carbocycles. The van der Waals surface area contributed by atoms with Crippen LogP contribution in [0.15, 0.2) is 0 Å². The first-order valence-corrected chi connectivity index (χ1v) is 8.02. The second-order valence-electron chi connectivity index (χ2n) is 7.17. The van der Waals surface area contributed by atoms with Crippen molar-refractivity contribution in [2.75, 3.05) is 33.2 Å². The molecule has 2 heteroatoms. The van der Waals surface area contributed by atoms with E-state index in [2.05, 4.69) is 31.1 Å². The molecule has 106 valence electrons. The van der Waals surface area contributed by atoms with Crippen molar-refractivity contribution in [2.45, 2.75) is 52.4 Å². The summed E-state index contributed by atoms with van der Waals surface area (Å²) < 4.78 is 0. The maximum absolute atomic E-state index is 3.41. The van der Waals surface area contributed by atoms with E-state index in [9.17, 15) is 0 Å². The van der Waals surface area contributed by atoms with Crippen LogP contribution in [0.4, 0.5) is 0 Å². The minimum atomic E-state index is 0.466. The van der Waals surface area contributed by atoms with Crippen molar-refractivity contribution >= 4 is 0 Å². The van der Waals surface area contributed by atoms with E-state index >= 15 is 0 Å². The lowest BCUT2D eigenvalue weighted by Crippen LogP contribution is -2.43. The van der Waals surface area contributed by atoms with Gasteiger partial charge < -0.3 is 10.2 Å². The van der Waals surface area contributed by atoms with E-state index in [1.165, 1.54) is 58.2 Å². The molecule has 2 fully saturated rings. The third-order valence-electron chi connectivity index (χ3n) is 4.49. The van der Waals surface area contributed by atoms with Gasteiger partial charge in [-0.2, -0.15) is 0 Å². The second-order valence-corrected chi connectivity index (χ2v) is 7.17. The Morgan fingerprint density at radius 1 is 1.11 bits per heavy atom. The van der Waals surface area contributed by atoms with E-state index in [1.54, 1.807) is 0 Å². The number of nitrogens with zero attached hydrogens (tertiary/aromatic N) is 1. The summed E-state index contributed by atoms with van der Waals surface area (Å²) in [5.74, 6) is 2.06. The molecule has 0 aromatic heterocycles. The van der Waals surface area contributed by atoms with E-state index in [0.29, 0.717) is 5.41 Å². The summed E-state index contributed by atoms with van der Waals surface area (Å²) in [4.78, 5) is 2.79. The molecule has 2 aliphatic carbocycles. The van der Waals surface area contributed by atoms with Gasteiger partial charge in [0.1, 0.15) is 0 Å². The highest BCUT2D eigenvalue weighted by Crippen LogP contribution is 2.35. The number of hydrogen-bond donors (Lipinski definition) is 1. The van der Waals surface area contributed by atoms with Gasteiger partial charge in [-0.1, -0.05) is 20.3 Å². The Morgan fingerprint density at radius 3 is 2.06 bits per heavy atom. The summed E-state index contributed by atoms with van der Waals surface area (Å²) in [6, 6.07) is 0. The third-order valence-corrected chi connectivity index (χ3v) is 4.49. The topological polar surface area (TPSA) is 15.3 Å². The molecule has 2 saturated carbocycles. The van der Waals surface area contributed by atoms with Crippen molar-refractivity contribution in [3.05, 3.63) is 0 Å². The fraction of sp³-hybridized carbons (Fsp3) is 1.00. The van der Waals surface area contributed by atoms with E-state index in [-0.39, 0.29) is 0 Å². The fourth-order valence-electron chi connectivity index (χ4n) is 3.33. The zero-order valence-electron chi connectivity index (χ0n) is 12.7. The number of nitrogens with one attached hydrogen (secondary N) is 1. The smallest absolute Gasteiger partial charge is 0.00477 e. The lowest BCUT2D eigenvalue weighted by atomic mass is 9.84. The molecule has 18 heavy (non-hydrogen) atoms. The predicted octanol–water partition coefficient (Wildman–Crippen LogP) is 3.13. The van der Waals surface area contributed by atoms with Crippen LogP contribution in [0, 0.1) is 17.3 Å². The first-order chi connectivity index (χ1) is 8.65. The Bertz CT molecular complexity index is 223. The summed E-state index contributed by atoms with van der Waals surface area (Å²) in [5.41, 5.74) is 0.466. The number of hydrogen-bond acceptors (Lipinski definition) is 2. The van der Waals surface area contributed by atoms with Gasteiger partial charge in [-0.25, -0.2) is 0 Å². The molecule has 1 unspecified atom stereocenters. The Morgan fingerprint density at radius 2 is 1.67 bits per heavy atom. The van der Waals surface area contributed by atoms with E-state index in [0.717, 1.165) is 18.4 Å². The second kappa shape index (κ2) is 6.38. The SMILES string of the molecule is CCCC(C)(CNC)CN(CC1CC1)CC1CC1. The molecule has 1 atom stereocenters. The van der Waals surface area contributed by atoms with Gasteiger partial charge in [0.15, 0.2) is 0 Å². The normalized spacial score (nSPS) is 23.3. The minimum Gasteiger partial charge on any atom is -0.319 e. The molecule has 0 amide bonds. The quantitative estimate of drug-likeness (QED) is 0.642. The van der Waals surface area contributed by atoms with Crippen molar-refractivity contribution in [3.63, 3.8) is 0 Å². The third kappa shape index (κ3) is 4.89. The van der Waals surface area contributed by atoms with Crippen LogP contribution in [0.2, 0.25) is 0 Å². The van der Waals surface area contributed by atoms with Crippen LogP contribution < -0.4 is 5.32 Å². The molecule has 1 N–H and O–H groups in total. The molecular weight excluding hydrogens is 220 g/mol. The van der Waals surface area contributed by atoms with Crippen molar-refractivity contribution in [2.24, 2.45) is 17.3 Å². The minimum absolute atomic E-state index is 0.466. The van der Waals surface area contributed by atoms with Crippen LogP contribution in [0.1, 0.15) is 52.4 Å². The Labute approximate surface area is 114 Å². The van der Waals surface area contributed by atoms with Gasteiger partial charge in [0.05, 0.1) is 0 Å². The van der Waals surface area contributed by atoms with Crippen molar-refractivity contribution in [1.29, 1.82) is 0 Å². The Kier molecular flexibility index (Phi) is 5.08. The van der Waals surface area contributed by atoms with Gasteiger partial charge in [-0.15, -0.1) is 0 Å². The van der Waals surface area contributed by atoms with E-state index in [4.69, 9.17) is 0 Å². The highest BCUT2D eigenvalue weighted by Gasteiger charge is 2.33. The molecule has 0 bridgehead atoms. The first-order valence-electron chi connectivity index (χ1n) is 8.02. The molecule has 2 aliphatic rings. The highest BCUT2D eigenvalue weighted by atomic mass is 15.1. The maximum atomic E-state index is 3.41. The van der Waals surface area contributed by atoms with Crippen LogP contribution in [-0.2, 0) is 0 Å². The van der Waals surface area contributed by atoms with Crippen LogP contribution in [-0.4, -0.2) is 38.1 Å². The molecule has 0 saturated heterocycles. The average molecular weight is 252 g/mol. The zero-order chi connectivity index (χ0) is 13.0. The monoisotopic (exact) mass is 252 g/mol. The molecule has 0 aliphatic heterocycles. The van der Waals surface area contributed by atoms with Gasteiger partial charge in [0.2, 0.25) is 0 Å². The first kappa shape index (κ1) is 14.3. The Balaban J connectivity index is 1.85. The summed E-state index contributed by atoms with van der Waals surface area (Å²) >= 11 is 0. The predicted molar refractivity (Wildman–Crippen MR) is 78.8 cm³/mol. The summed E-state index contributed by atoms with van der Waals surface area (Å²) in [5, 5.41) is 3.41. The molecule has 0 aromatic rings. The average Bonchev–Trinajstić information content (AvgIpc) is 3.14. The van der Waals surface area contributed by atoms with Crippen LogP contribution in [0.3, 0.4) is 0 Å². The molecule has 0 heterocycles. The van der Waals surface area contributed by atoms with Gasteiger partial charge in [0.25, 0.3) is 0 Å². The molecule has 2 rings (SSSR count). The Hall–Kier alpha value is -0.0800. The lowest BCUT2D eigenvalue weighted by molar-refractivity contribution is 0.142. The van der Waals surface area contributed by atoms with Crippen molar-refractivity contribution < 1.29 is 0 Å². The van der Waals surface area contributed by atoms with Crippen LogP contribution >= 0.6 is 0 Å². The maximum Gasteiger partial charge on any atom is 0.00477 e. The summed E-state index contributed by atoms with van der Waals surface area (Å²) in [7, 11) is 2.10. The van der Waals surface area contributed by atoms with Gasteiger partial charge >= 0.3 is 0 Å². The van der Waals surface area contributed by atoms with Crippen molar-refractivity contribution in [1.82, 2.24) is 10.2 Å². The fourth-order valence-corrected chi connectivity index (χ4v) is 3.33. The van der Waals surface area contributed by atoms with Gasteiger partial charge in [-0.3, -0.25) is 0 Å². The van der Waals surface area contributed by atoms with Crippen LogP contribution in [0.25, 0.3) is 0 Å². The van der Waals surface area contributed by atoms with E-state index in [1.807, 2.05) is 0 Å². The molecule has 2 nitrogen and oxygen atoms in total. The number of rotatable bonds is 10. The summed E-state index contributed by atoms with van der Waals surface area (Å²) in [6.45, 7) is 10.0. The molecular formula is C16H32N2.